The highest BCUT2D eigenvalue weighted by atomic mass is 32.2. The van der Waals surface area contributed by atoms with E-state index in [2.05, 4.69) is 0 Å². The van der Waals surface area contributed by atoms with Crippen molar-refractivity contribution in [3.8, 4) is 5.75 Å². The Hall–Kier alpha value is -1.11. The van der Waals surface area contributed by atoms with Crippen molar-refractivity contribution in [3.63, 3.8) is 0 Å². The molecule has 2 saturated heterocycles. The molecule has 0 amide bonds. The van der Waals surface area contributed by atoms with Gasteiger partial charge in [-0.3, -0.25) is 0 Å². The van der Waals surface area contributed by atoms with Crippen LogP contribution in [0.25, 0.3) is 0 Å². The predicted octanol–water partition coefficient (Wildman–Crippen LogP) is 2.04. The molecule has 3 rings (SSSR count). The number of nitrogens with zero attached hydrogens (tertiary/aromatic N) is 2. The molecule has 0 aliphatic carbocycles. The van der Waals surface area contributed by atoms with Gasteiger partial charge in [-0.05, 0) is 43.7 Å². The van der Waals surface area contributed by atoms with E-state index in [9.17, 15) is 8.42 Å². The van der Waals surface area contributed by atoms with Crippen LogP contribution in [0.4, 0.5) is 0 Å². The van der Waals surface area contributed by atoms with Crippen molar-refractivity contribution in [2.45, 2.75) is 38.1 Å². The van der Waals surface area contributed by atoms with Gasteiger partial charge >= 0.3 is 0 Å². The van der Waals surface area contributed by atoms with E-state index in [4.69, 9.17) is 4.74 Å². The summed E-state index contributed by atoms with van der Waals surface area (Å²) in [6.07, 6.45) is 4.53. The summed E-state index contributed by atoms with van der Waals surface area (Å²) in [5.41, 5.74) is 1.08. The topological polar surface area (TPSA) is 49.9 Å². The average Bonchev–Trinajstić information content (AvgIpc) is 3.19. The van der Waals surface area contributed by atoms with E-state index in [0.717, 1.165) is 43.4 Å². The first kappa shape index (κ1) is 15.8. The van der Waals surface area contributed by atoms with Crippen LogP contribution in [0.3, 0.4) is 0 Å². The number of hydrogen-bond donors (Lipinski definition) is 0. The third-order valence-corrected chi connectivity index (χ3v) is 6.75. The van der Waals surface area contributed by atoms with E-state index in [0.29, 0.717) is 19.6 Å². The lowest BCUT2D eigenvalue weighted by molar-refractivity contribution is 0.338. The Morgan fingerprint density at radius 2 is 1.86 bits per heavy atom. The molecular formula is C16H24N2O3S. The molecule has 122 valence electrons. The molecule has 0 saturated carbocycles. The Balaban J connectivity index is 1.78. The minimum atomic E-state index is -3.30. The van der Waals surface area contributed by atoms with Crippen LogP contribution in [0, 0.1) is 0 Å². The maximum absolute atomic E-state index is 12.8. The number of methoxy groups -OCH3 is 1. The summed E-state index contributed by atoms with van der Waals surface area (Å²) in [6.45, 7) is 1.97. The zero-order valence-electron chi connectivity index (χ0n) is 13.1. The molecule has 5 nitrogen and oxygen atoms in total. The summed E-state index contributed by atoms with van der Waals surface area (Å²) in [4.78, 5) is 0. The van der Waals surface area contributed by atoms with Gasteiger partial charge in [0.25, 0.3) is 10.2 Å². The zero-order chi connectivity index (χ0) is 15.6. The van der Waals surface area contributed by atoms with Crippen LogP contribution >= 0.6 is 0 Å². The first-order valence-corrected chi connectivity index (χ1v) is 9.41. The zero-order valence-corrected chi connectivity index (χ0v) is 13.9. The minimum Gasteiger partial charge on any atom is -0.496 e. The van der Waals surface area contributed by atoms with Gasteiger partial charge in [-0.15, -0.1) is 0 Å². The van der Waals surface area contributed by atoms with Gasteiger partial charge in [-0.25, -0.2) is 0 Å². The molecule has 6 heteroatoms. The number of para-hydroxylation sites is 1. The quantitative estimate of drug-likeness (QED) is 0.833. The van der Waals surface area contributed by atoms with E-state index >= 15 is 0 Å². The molecule has 1 atom stereocenters. The second-order valence-electron chi connectivity index (χ2n) is 6.04. The van der Waals surface area contributed by atoms with Crippen molar-refractivity contribution in [1.29, 1.82) is 0 Å². The fourth-order valence-electron chi connectivity index (χ4n) is 3.51. The molecular weight excluding hydrogens is 300 g/mol. The Morgan fingerprint density at radius 3 is 2.59 bits per heavy atom. The SMILES string of the molecule is COc1ccccc1CC1CCCN1S(=O)(=O)N1CCCC1. The lowest BCUT2D eigenvalue weighted by atomic mass is 10.0. The normalized spacial score (nSPS) is 24.0. The molecule has 1 aromatic rings. The first-order valence-electron chi connectivity index (χ1n) is 8.02. The fraction of sp³-hybridized carbons (Fsp3) is 0.625. The lowest BCUT2D eigenvalue weighted by Gasteiger charge is -2.28. The van der Waals surface area contributed by atoms with E-state index in [1.54, 1.807) is 15.7 Å². The Kier molecular flexibility index (Phi) is 4.70. The van der Waals surface area contributed by atoms with Crippen molar-refractivity contribution in [1.82, 2.24) is 8.61 Å². The summed E-state index contributed by atoms with van der Waals surface area (Å²) >= 11 is 0. The summed E-state index contributed by atoms with van der Waals surface area (Å²) in [5, 5.41) is 0. The average molecular weight is 324 g/mol. The highest BCUT2D eigenvalue weighted by molar-refractivity contribution is 7.86. The largest absolute Gasteiger partial charge is 0.496 e. The van der Waals surface area contributed by atoms with E-state index < -0.39 is 10.2 Å². The second-order valence-corrected chi connectivity index (χ2v) is 7.92. The van der Waals surface area contributed by atoms with E-state index in [1.165, 1.54) is 0 Å². The Labute approximate surface area is 133 Å². The van der Waals surface area contributed by atoms with Gasteiger partial charge in [0.2, 0.25) is 0 Å². The van der Waals surface area contributed by atoms with Gasteiger partial charge in [-0.1, -0.05) is 18.2 Å². The molecule has 2 fully saturated rings. The van der Waals surface area contributed by atoms with E-state index in [1.807, 2.05) is 24.3 Å². The first-order chi connectivity index (χ1) is 10.6. The van der Waals surface area contributed by atoms with Gasteiger partial charge in [0.15, 0.2) is 0 Å². The summed E-state index contributed by atoms with van der Waals surface area (Å²) < 4.78 is 34.4. The Morgan fingerprint density at radius 1 is 1.14 bits per heavy atom. The minimum absolute atomic E-state index is 0.0434. The number of rotatable bonds is 5. The van der Waals surface area contributed by atoms with Gasteiger partial charge in [-0.2, -0.15) is 17.0 Å². The second kappa shape index (κ2) is 6.56. The van der Waals surface area contributed by atoms with Crippen molar-refractivity contribution in [2.75, 3.05) is 26.7 Å². The third-order valence-electron chi connectivity index (χ3n) is 4.66. The third kappa shape index (κ3) is 3.00. The van der Waals surface area contributed by atoms with Crippen LogP contribution in [0.1, 0.15) is 31.2 Å². The van der Waals surface area contributed by atoms with Crippen LogP contribution in [-0.4, -0.2) is 49.8 Å². The van der Waals surface area contributed by atoms with Crippen molar-refractivity contribution < 1.29 is 13.2 Å². The summed E-state index contributed by atoms with van der Waals surface area (Å²) in [5.74, 6) is 0.841. The van der Waals surface area contributed by atoms with Crippen LogP contribution in [0.15, 0.2) is 24.3 Å². The Bertz CT molecular complexity index is 612. The van der Waals surface area contributed by atoms with Gasteiger partial charge in [0, 0.05) is 25.7 Å². The van der Waals surface area contributed by atoms with Gasteiger partial charge < -0.3 is 4.74 Å². The van der Waals surface area contributed by atoms with Gasteiger partial charge in [0.1, 0.15) is 5.75 Å². The molecule has 0 spiro atoms. The molecule has 2 aliphatic heterocycles. The molecule has 1 unspecified atom stereocenters. The van der Waals surface area contributed by atoms with Crippen LogP contribution in [-0.2, 0) is 16.6 Å². The number of benzene rings is 1. The van der Waals surface area contributed by atoms with Crippen molar-refractivity contribution in [2.24, 2.45) is 0 Å². The molecule has 0 bridgehead atoms. The predicted molar refractivity (Wildman–Crippen MR) is 86.2 cm³/mol. The molecule has 0 radical (unpaired) electrons. The molecule has 2 heterocycles. The molecule has 0 N–H and O–H groups in total. The maximum Gasteiger partial charge on any atom is 0.282 e. The molecule has 2 aliphatic rings. The van der Waals surface area contributed by atoms with Crippen LogP contribution < -0.4 is 4.74 Å². The molecule has 0 aromatic heterocycles. The molecule has 1 aromatic carbocycles. The summed E-state index contributed by atoms with van der Waals surface area (Å²) in [6, 6.07) is 7.92. The van der Waals surface area contributed by atoms with Crippen LogP contribution in [0.2, 0.25) is 0 Å². The number of hydrogen-bond acceptors (Lipinski definition) is 3. The summed E-state index contributed by atoms with van der Waals surface area (Å²) in [7, 11) is -1.64. The maximum atomic E-state index is 12.8. The van der Waals surface area contributed by atoms with Crippen molar-refractivity contribution >= 4 is 10.2 Å². The monoisotopic (exact) mass is 324 g/mol. The number of ether oxygens (including phenoxy) is 1. The fourth-order valence-corrected chi connectivity index (χ4v) is 5.44. The highest BCUT2D eigenvalue weighted by Gasteiger charge is 2.39. The van der Waals surface area contributed by atoms with E-state index in [-0.39, 0.29) is 6.04 Å². The molecule has 22 heavy (non-hydrogen) atoms. The van der Waals surface area contributed by atoms with Gasteiger partial charge in [0.05, 0.1) is 7.11 Å². The van der Waals surface area contributed by atoms with Crippen molar-refractivity contribution in [3.05, 3.63) is 29.8 Å². The van der Waals surface area contributed by atoms with Crippen LogP contribution in [0.5, 0.6) is 5.75 Å². The standard InChI is InChI=1S/C16H24N2O3S/c1-21-16-9-3-2-7-14(16)13-15-8-6-12-18(15)22(19,20)17-10-4-5-11-17/h2-3,7,9,15H,4-6,8,10-13H2,1H3. The smallest absolute Gasteiger partial charge is 0.282 e. The lowest BCUT2D eigenvalue weighted by Crippen LogP contribution is -2.45. The highest BCUT2D eigenvalue weighted by Crippen LogP contribution is 2.30.